The Morgan fingerprint density at radius 2 is 1.96 bits per heavy atom. The van der Waals surface area contributed by atoms with E-state index in [0.717, 1.165) is 25.7 Å². The van der Waals surface area contributed by atoms with Gasteiger partial charge in [-0.05, 0) is 36.8 Å². The van der Waals surface area contributed by atoms with Gasteiger partial charge in [0.2, 0.25) is 5.91 Å². The number of amides is 1. The lowest BCUT2D eigenvalue weighted by molar-refractivity contribution is -0.135. The summed E-state index contributed by atoms with van der Waals surface area (Å²) >= 11 is 0. The molecule has 1 unspecified atom stereocenters. The minimum Gasteiger partial charge on any atom is -0.331 e. The molecule has 0 saturated heterocycles. The molecule has 6 nitrogen and oxygen atoms in total. The monoisotopic (exact) mass is 325 g/mol. The summed E-state index contributed by atoms with van der Waals surface area (Å²) in [5.41, 5.74) is 1.54. The van der Waals surface area contributed by atoms with Crippen molar-refractivity contribution in [3.05, 3.63) is 68.5 Å². The van der Waals surface area contributed by atoms with Crippen molar-refractivity contribution in [3.63, 3.8) is 0 Å². The average molecular weight is 325 g/mol. The van der Waals surface area contributed by atoms with Crippen LogP contribution in [0.4, 0.5) is 0 Å². The van der Waals surface area contributed by atoms with Crippen LogP contribution in [-0.4, -0.2) is 26.4 Å². The largest absolute Gasteiger partial charge is 0.331 e. The van der Waals surface area contributed by atoms with Crippen LogP contribution in [0.15, 0.2) is 46.1 Å². The molecule has 0 bridgehead atoms. The summed E-state index contributed by atoms with van der Waals surface area (Å²) < 4.78 is 1.26. The molecule has 1 aromatic carbocycles. The zero-order valence-electron chi connectivity index (χ0n) is 13.3. The van der Waals surface area contributed by atoms with Crippen LogP contribution in [0.3, 0.4) is 0 Å². The number of H-pyrrole nitrogens is 1. The van der Waals surface area contributed by atoms with E-state index >= 15 is 0 Å². The lowest BCUT2D eigenvalue weighted by Gasteiger charge is -2.30. The van der Waals surface area contributed by atoms with Gasteiger partial charge in [-0.25, -0.2) is 4.79 Å². The lowest BCUT2D eigenvalue weighted by Crippen LogP contribution is -2.41. The molecule has 24 heavy (non-hydrogen) atoms. The first-order valence-electron chi connectivity index (χ1n) is 8.32. The van der Waals surface area contributed by atoms with Crippen molar-refractivity contribution < 1.29 is 4.79 Å². The Hall–Kier alpha value is -2.63. The van der Waals surface area contributed by atoms with E-state index in [4.69, 9.17) is 0 Å². The van der Waals surface area contributed by atoms with Gasteiger partial charge >= 0.3 is 5.69 Å². The third kappa shape index (κ3) is 2.68. The van der Waals surface area contributed by atoms with Crippen molar-refractivity contribution >= 4 is 5.91 Å². The molecular formula is C18H19N3O3. The summed E-state index contributed by atoms with van der Waals surface area (Å²) in [6, 6.07) is 9.90. The quantitative estimate of drug-likeness (QED) is 0.918. The molecule has 1 N–H and O–H groups in total. The van der Waals surface area contributed by atoms with Crippen LogP contribution in [0, 0.1) is 0 Å². The molecule has 0 aliphatic heterocycles. The molecular weight excluding hydrogens is 306 g/mol. The van der Waals surface area contributed by atoms with Crippen LogP contribution in [-0.2, 0) is 17.8 Å². The van der Waals surface area contributed by atoms with Gasteiger partial charge in [0, 0.05) is 18.3 Å². The third-order valence-electron chi connectivity index (χ3n) is 4.87. The zero-order chi connectivity index (χ0) is 16.7. The highest BCUT2D eigenvalue weighted by molar-refractivity contribution is 5.77. The molecule has 1 heterocycles. The fraction of sp³-hybridized carbons (Fsp3) is 0.389. The SMILES string of the molecule is O=C(Cn1ccc(=O)[nH]c1=O)N(C1CC1)C1CCc2ccccc21. The van der Waals surface area contributed by atoms with E-state index in [2.05, 4.69) is 17.1 Å². The molecule has 6 heteroatoms. The molecule has 1 amide bonds. The van der Waals surface area contributed by atoms with Gasteiger partial charge < -0.3 is 4.90 Å². The number of carbonyl (C=O) groups excluding carboxylic acids is 1. The standard InChI is InChI=1S/C18H19N3O3/c22-16-9-10-20(18(24)19-16)11-17(23)21(13-6-7-13)15-8-5-12-3-1-2-4-14(12)15/h1-4,9-10,13,15H,5-8,11H2,(H,19,22,24). The van der Waals surface area contributed by atoms with Gasteiger partial charge in [0.1, 0.15) is 6.54 Å². The van der Waals surface area contributed by atoms with Crippen LogP contribution in [0.2, 0.25) is 0 Å². The summed E-state index contributed by atoms with van der Waals surface area (Å²) in [6.07, 6.45) is 5.33. The van der Waals surface area contributed by atoms with Gasteiger partial charge in [-0.1, -0.05) is 24.3 Å². The molecule has 4 rings (SSSR count). The van der Waals surface area contributed by atoms with E-state index in [0.29, 0.717) is 0 Å². The summed E-state index contributed by atoms with van der Waals surface area (Å²) in [4.78, 5) is 40.1. The fourth-order valence-electron chi connectivity index (χ4n) is 3.60. The van der Waals surface area contributed by atoms with Crippen molar-refractivity contribution in [2.75, 3.05) is 0 Å². The topological polar surface area (TPSA) is 75.2 Å². The Morgan fingerprint density at radius 1 is 1.17 bits per heavy atom. The Kier molecular flexibility index (Phi) is 3.59. The number of nitrogens with zero attached hydrogens (tertiary/aromatic N) is 2. The molecule has 1 aromatic heterocycles. The first kappa shape index (κ1) is 14.9. The highest BCUT2D eigenvalue weighted by atomic mass is 16.2. The van der Waals surface area contributed by atoms with E-state index in [1.54, 1.807) is 0 Å². The number of hydrogen-bond acceptors (Lipinski definition) is 3. The first-order chi connectivity index (χ1) is 11.6. The minimum atomic E-state index is -0.543. The van der Waals surface area contributed by atoms with E-state index in [9.17, 15) is 14.4 Å². The Morgan fingerprint density at radius 3 is 2.71 bits per heavy atom. The molecule has 0 spiro atoms. The predicted octanol–water partition coefficient (Wildman–Crippen LogP) is 1.22. The number of aryl methyl sites for hydroxylation is 1. The van der Waals surface area contributed by atoms with E-state index < -0.39 is 11.2 Å². The fourth-order valence-corrected chi connectivity index (χ4v) is 3.60. The smallest absolute Gasteiger partial charge is 0.328 e. The van der Waals surface area contributed by atoms with E-state index in [1.807, 2.05) is 17.0 Å². The molecule has 0 radical (unpaired) electrons. The second kappa shape index (κ2) is 5.78. The van der Waals surface area contributed by atoms with Crippen LogP contribution in [0.5, 0.6) is 0 Å². The first-order valence-corrected chi connectivity index (χ1v) is 8.32. The summed E-state index contributed by atoms with van der Waals surface area (Å²) in [5, 5.41) is 0. The second-order valence-electron chi connectivity index (χ2n) is 6.52. The van der Waals surface area contributed by atoms with Gasteiger partial charge in [-0.15, -0.1) is 0 Å². The Bertz CT molecular complexity index is 895. The van der Waals surface area contributed by atoms with Gasteiger partial charge in [0.15, 0.2) is 0 Å². The molecule has 2 aliphatic rings. The van der Waals surface area contributed by atoms with Crippen LogP contribution >= 0.6 is 0 Å². The van der Waals surface area contributed by atoms with E-state index in [1.165, 1.54) is 28.0 Å². The molecule has 1 saturated carbocycles. The lowest BCUT2D eigenvalue weighted by atomic mass is 10.1. The number of aromatic amines is 1. The molecule has 124 valence electrons. The van der Waals surface area contributed by atoms with Crippen LogP contribution in [0.1, 0.15) is 36.4 Å². The normalized spacial score (nSPS) is 19.1. The molecule has 2 aromatic rings. The summed E-state index contributed by atoms with van der Waals surface area (Å²) in [7, 11) is 0. The van der Waals surface area contributed by atoms with Crippen molar-refractivity contribution in [3.8, 4) is 0 Å². The number of aromatic nitrogens is 2. The summed E-state index contributed by atoms with van der Waals surface area (Å²) in [5.74, 6) is -0.0617. The molecule has 2 aliphatic carbocycles. The summed E-state index contributed by atoms with van der Waals surface area (Å²) in [6.45, 7) is -0.0369. The maximum absolute atomic E-state index is 12.9. The minimum absolute atomic E-state index is 0.0369. The number of hydrogen-bond donors (Lipinski definition) is 1. The highest BCUT2D eigenvalue weighted by Crippen LogP contribution is 2.41. The van der Waals surface area contributed by atoms with Gasteiger partial charge in [0.05, 0.1) is 6.04 Å². The maximum atomic E-state index is 12.9. The number of nitrogens with one attached hydrogen (secondary N) is 1. The molecule has 1 fully saturated rings. The van der Waals surface area contributed by atoms with E-state index in [-0.39, 0.29) is 24.5 Å². The number of fused-ring (bicyclic) bond motifs is 1. The van der Waals surface area contributed by atoms with Crippen LogP contribution in [0.25, 0.3) is 0 Å². The van der Waals surface area contributed by atoms with Gasteiger partial charge in [-0.2, -0.15) is 0 Å². The third-order valence-corrected chi connectivity index (χ3v) is 4.87. The van der Waals surface area contributed by atoms with Crippen LogP contribution < -0.4 is 11.2 Å². The van der Waals surface area contributed by atoms with Gasteiger partial charge in [-0.3, -0.25) is 19.1 Å². The van der Waals surface area contributed by atoms with Gasteiger partial charge in [0.25, 0.3) is 5.56 Å². The average Bonchev–Trinajstić information content (AvgIpc) is 3.31. The maximum Gasteiger partial charge on any atom is 0.328 e. The van der Waals surface area contributed by atoms with Crippen molar-refractivity contribution in [2.24, 2.45) is 0 Å². The highest BCUT2D eigenvalue weighted by Gasteiger charge is 2.40. The number of carbonyl (C=O) groups is 1. The van der Waals surface area contributed by atoms with Crippen molar-refractivity contribution in [1.29, 1.82) is 0 Å². The second-order valence-corrected chi connectivity index (χ2v) is 6.52. The van der Waals surface area contributed by atoms with Crippen molar-refractivity contribution in [1.82, 2.24) is 14.5 Å². The predicted molar refractivity (Wildman–Crippen MR) is 88.7 cm³/mol. The number of rotatable bonds is 4. The van der Waals surface area contributed by atoms with Crippen molar-refractivity contribution in [2.45, 2.75) is 44.3 Å². The molecule has 1 atom stereocenters. The number of benzene rings is 1. The zero-order valence-corrected chi connectivity index (χ0v) is 13.3. The Balaban J connectivity index is 1.61. The Labute approximate surface area is 138 Å².